The fraction of sp³-hybridized carbons (Fsp3) is 0.556. The lowest BCUT2D eigenvalue weighted by Crippen LogP contribution is -1.91. The summed E-state index contributed by atoms with van der Waals surface area (Å²) >= 11 is 0. The minimum Gasteiger partial charge on any atom is -0.244 e. The molecule has 0 spiro atoms. The lowest BCUT2D eigenvalue weighted by atomic mass is 9.98. The summed E-state index contributed by atoms with van der Waals surface area (Å²) in [4.78, 5) is 10.5. The Morgan fingerprint density at radius 3 is 1.18 bits per heavy atom. The molecule has 0 unspecified atom stereocenters. The molecule has 0 radical (unpaired) electrons. The Labute approximate surface area is 341 Å². The van der Waals surface area contributed by atoms with Gasteiger partial charge in [-0.25, -0.2) is 9.97 Å². The van der Waals surface area contributed by atoms with Gasteiger partial charge < -0.3 is 0 Å². The van der Waals surface area contributed by atoms with Crippen molar-refractivity contribution >= 4 is 21.8 Å². The van der Waals surface area contributed by atoms with Gasteiger partial charge in [-0.15, -0.1) is 0 Å². The van der Waals surface area contributed by atoms with Crippen LogP contribution in [0.5, 0.6) is 0 Å². The lowest BCUT2D eigenvalue weighted by molar-refractivity contribution is 0.579. The van der Waals surface area contributed by atoms with Gasteiger partial charge in [-0.05, 0) is 67.1 Å². The highest BCUT2D eigenvalue weighted by atomic mass is 14.8. The van der Waals surface area contributed by atoms with Crippen molar-refractivity contribution in [3.63, 3.8) is 0 Å². The normalized spacial score (nSPS) is 11.2. The van der Waals surface area contributed by atoms with Gasteiger partial charge in [-0.3, -0.25) is 0 Å². The molecule has 0 saturated carbocycles. The average Bonchev–Trinajstić information content (AvgIpc) is 3.51. The molecule has 296 valence electrons. The van der Waals surface area contributed by atoms with Crippen molar-refractivity contribution < 1.29 is 0 Å². The van der Waals surface area contributed by atoms with E-state index in [4.69, 9.17) is 9.97 Å². The molecule has 3 aromatic carbocycles. The molecular formula is C54H70N2. The molecule has 0 bridgehead atoms. The Morgan fingerprint density at radius 1 is 0.375 bits per heavy atom. The molecule has 0 N–H and O–H groups in total. The summed E-state index contributed by atoms with van der Waals surface area (Å²) in [6.45, 7) is 6.85. The number of hydrogen-bond donors (Lipinski definition) is 0. The highest BCUT2D eigenvalue weighted by molar-refractivity contribution is 6.15. The molecule has 2 nitrogen and oxygen atoms in total. The van der Waals surface area contributed by atoms with Gasteiger partial charge in [0.05, 0.1) is 22.4 Å². The van der Waals surface area contributed by atoms with Gasteiger partial charge in [-0.2, -0.15) is 0 Å². The molecule has 56 heavy (non-hydrogen) atoms. The number of aromatic nitrogens is 2. The molecule has 4 aromatic rings. The first-order valence-electron chi connectivity index (χ1n) is 23.1. The molecule has 2 heteroatoms. The van der Waals surface area contributed by atoms with E-state index in [0.717, 1.165) is 69.5 Å². The Bertz CT molecular complexity index is 1990. The third-order valence-corrected chi connectivity index (χ3v) is 11.4. The van der Waals surface area contributed by atoms with Crippen LogP contribution in [0, 0.1) is 35.5 Å². The highest BCUT2D eigenvalue weighted by Gasteiger charge is 2.26. The van der Waals surface area contributed by atoms with Crippen molar-refractivity contribution in [1.29, 1.82) is 0 Å². The molecule has 0 atom stereocenters. The Balaban J connectivity index is 1.30. The third kappa shape index (κ3) is 13.8. The molecule has 1 aliphatic rings. The SMILES string of the molecule is CCCCCCCCCCC#Cc1cc2c3c(cc(C#CCCCCCCCCCC)cc3c1)-c1nc3cc(C#CCCCCCCCCCC)ccc3nc1-2. The van der Waals surface area contributed by atoms with E-state index in [2.05, 4.69) is 98.8 Å². The zero-order chi connectivity index (χ0) is 39.0. The summed E-state index contributed by atoms with van der Waals surface area (Å²) in [6.07, 6.45) is 34.6. The Kier molecular flexibility index (Phi) is 19.4. The predicted molar refractivity (Wildman–Crippen MR) is 244 cm³/mol. The van der Waals surface area contributed by atoms with Gasteiger partial charge >= 0.3 is 0 Å². The maximum atomic E-state index is 5.30. The van der Waals surface area contributed by atoms with Crippen molar-refractivity contribution in [3.8, 4) is 58.0 Å². The minimum atomic E-state index is 0.903. The zero-order valence-corrected chi connectivity index (χ0v) is 35.5. The van der Waals surface area contributed by atoms with Crippen LogP contribution in [-0.4, -0.2) is 9.97 Å². The Hall–Kier alpha value is -4.06. The van der Waals surface area contributed by atoms with E-state index in [1.165, 1.54) is 165 Å². The van der Waals surface area contributed by atoms with Crippen LogP contribution in [-0.2, 0) is 0 Å². The van der Waals surface area contributed by atoms with Crippen molar-refractivity contribution in [2.75, 3.05) is 0 Å². The maximum Gasteiger partial charge on any atom is 0.0980 e. The summed E-state index contributed by atoms with van der Waals surface area (Å²) in [5.74, 6) is 20.9. The van der Waals surface area contributed by atoms with Crippen molar-refractivity contribution in [1.82, 2.24) is 9.97 Å². The van der Waals surface area contributed by atoms with Crippen molar-refractivity contribution in [2.24, 2.45) is 0 Å². The largest absolute Gasteiger partial charge is 0.244 e. The fourth-order valence-electron chi connectivity index (χ4n) is 8.08. The average molecular weight is 747 g/mol. The summed E-state index contributed by atoms with van der Waals surface area (Å²) in [5, 5.41) is 2.41. The first-order chi connectivity index (χ1) is 27.7. The molecule has 0 fully saturated rings. The summed E-state index contributed by atoms with van der Waals surface area (Å²) in [5.41, 5.74) is 9.14. The van der Waals surface area contributed by atoms with E-state index in [0.29, 0.717) is 0 Å². The van der Waals surface area contributed by atoms with Crippen LogP contribution in [0.15, 0.2) is 42.5 Å². The van der Waals surface area contributed by atoms with Gasteiger partial charge in [0.2, 0.25) is 0 Å². The van der Waals surface area contributed by atoms with Crippen LogP contribution in [0.25, 0.3) is 44.3 Å². The van der Waals surface area contributed by atoms with E-state index < -0.39 is 0 Å². The van der Waals surface area contributed by atoms with E-state index in [1.807, 2.05) is 0 Å². The molecule has 1 aromatic heterocycles. The quantitative estimate of drug-likeness (QED) is 0.0464. The van der Waals surface area contributed by atoms with Crippen LogP contribution < -0.4 is 0 Å². The number of nitrogens with zero attached hydrogens (tertiary/aromatic N) is 2. The molecule has 0 saturated heterocycles. The fourth-order valence-corrected chi connectivity index (χ4v) is 8.08. The van der Waals surface area contributed by atoms with Crippen LogP contribution in [0.2, 0.25) is 0 Å². The first-order valence-corrected chi connectivity index (χ1v) is 23.1. The molecule has 0 amide bonds. The summed E-state index contributed by atoms with van der Waals surface area (Å²) in [7, 11) is 0. The summed E-state index contributed by atoms with van der Waals surface area (Å²) < 4.78 is 0. The van der Waals surface area contributed by atoms with E-state index in [-0.39, 0.29) is 0 Å². The Morgan fingerprint density at radius 2 is 0.750 bits per heavy atom. The highest BCUT2D eigenvalue weighted by Crippen LogP contribution is 2.47. The first kappa shape index (κ1) is 43.1. The standard InChI is InChI=1S/C54H70N2/c1-4-7-10-13-16-19-22-25-28-31-34-44-37-38-50-51(43-44)56-54-49-42-46(36-33-30-27-24-21-18-15-12-9-6-3)40-47-39-45(41-48(52(47)49)53(54)55-50)35-32-29-26-23-20-17-14-11-8-5-2/h37-43H,4-30H2,1-3H3. The topological polar surface area (TPSA) is 25.8 Å². The smallest absolute Gasteiger partial charge is 0.0980 e. The second-order valence-corrected chi connectivity index (χ2v) is 16.3. The van der Waals surface area contributed by atoms with Gasteiger partial charge in [-0.1, -0.05) is 191 Å². The monoisotopic (exact) mass is 747 g/mol. The third-order valence-electron chi connectivity index (χ3n) is 11.4. The van der Waals surface area contributed by atoms with Crippen LogP contribution in [0.3, 0.4) is 0 Å². The van der Waals surface area contributed by atoms with Gasteiger partial charge in [0.15, 0.2) is 0 Å². The lowest BCUT2D eigenvalue weighted by Gasteiger charge is -2.05. The van der Waals surface area contributed by atoms with Gasteiger partial charge in [0.25, 0.3) is 0 Å². The number of rotatable bonds is 24. The van der Waals surface area contributed by atoms with Crippen LogP contribution in [0.4, 0.5) is 0 Å². The van der Waals surface area contributed by atoms with E-state index >= 15 is 0 Å². The summed E-state index contributed by atoms with van der Waals surface area (Å²) in [6, 6.07) is 15.3. The van der Waals surface area contributed by atoms with Crippen LogP contribution >= 0.6 is 0 Å². The molecule has 1 heterocycles. The van der Waals surface area contributed by atoms with Crippen molar-refractivity contribution in [2.45, 2.75) is 194 Å². The van der Waals surface area contributed by atoms with E-state index in [9.17, 15) is 0 Å². The second-order valence-electron chi connectivity index (χ2n) is 16.3. The number of hydrogen-bond acceptors (Lipinski definition) is 2. The van der Waals surface area contributed by atoms with Crippen LogP contribution in [0.1, 0.15) is 211 Å². The van der Waals surface area contributed by atoms with Crippen molar-refractivity contribution in [3.05, 3.63) is 59.2 Å². The number of benzene rings is 3. The number of fused-ring (bicyclic) bond motifs is 4. The zero-order valence-electron chi connectivity index (χ0n) is 35.5. The minimum absolute atomic E-state index is 0.903. The van der Waals surface area contributed by atoms with E-state index in [1.54, 1.807) is 0 Å². The molecule has 1 aliphatic carbocycles. The number of unbranched alkanes of at least 4 members (excludes halogenated alkanes) is 24. The predicted octanol–water partition coefficient (Wildman–Crippen LogP) is 16.1. The maximum absolute atomic E-state index is 5.30. The van der Waals surface area contributed by atoms with Gasteiger partial charge in [0, 0.05) is 52.5 Å². The molecular weight excluding hydrogens is 677 g/mol. The molecule has 5 rings (SSSR count). The second kappa shape index (κ2) is 25.2. The molecule has 0 aliphatic heterocycles. The van der Waals surface area contributed by atoms with Gasteiger partial charge in [0.1, 0.15) is 0 Å².